The number of aryl methyl sites for hydroxylation is 2. The zero-order valence-corrected chi connectivity index (χ0v) is 14.0. The molecule has 0 aliphatic rings. The molecule has 1 rings (SSSR count). The largest absolute Gasteiger partial charge is 0.469 e. The molecule has 0 aliphatic carbocycles. The first-order valence-electron chi connectivity index (χ1n) is 7.78. The van der Waals surface area contributed by atoms with Gasteiger partial charge in [0.15, 0.2) is 0 Å². The molecule has 3 nitrogen and oxygen atoms in total. The summed E-state index contributed by atoms with van der Waals surface area (Å²) >= 11 is 0. The van der Waals surface area contributed by atoms with Gasteiger partial charge in [0, 0.05) is 6.04 Å². The molecule has 0 bridgehead atoms. The monoisotopic (exact) mass is 291 g/mol. The van der Waals surface area contributed by atoms with Gasteiger partial charge >= 0.3 is 5.97 Å². The highest BCUT2D eigenvalue weighted by Gasteiger charge is 2.15. The molecule has 21 heavy (non-hydrogen) atoms. The van der Waals surface area contributed by atoms with Gasteiger partial charge < -0.3 is 10.1 Å². The summed E-state index contributed by atoms with van der Waals surface area (Å²) in [6, 6.07) is 6.62. The van der Waals surface area contributed by atoms with Crippen LogP contribution in [0.3, 0.4) is 0 Å². The number of carbonyl (C=O) groups excluding carboxylic acids is 1. The predicted molar refractivity (Wildman–Crippen MR) is 87.5 cm³/mol. The normalized spacial score (nSPS) is 12.5. The van der Waals surface area contributed by atoms with Crippen molar-refractivity contribution in [2.45, 2.75) is 53.0 Å². The Morgan fingerprint density at radius 1 is 1.29 bits per heavy atom. The summed E-state index contributed by atoms with van der Waals surface area (Å²) in [7, 11) is 1.45. The predicted octanol–water partition coefficient (Wildman–Crippen LogP) is 3.41. The highest BCUT2D eigenvalue weighted by molar-refractivity contribution is 5.70. The summed E-state index contributed by atoms with van der Waals surface area (Å²) in [5, 5.41) is 3.51. The van der Waals surface area contributed by atoms with E-state index in [1.165, 1.54) is 23.8 Å². The molecule has 3 heteroatoms. The lowest BCUT2D eigenvalue weighted by molar-refractivity contribution is -0.141. The molecule has 0 spiro atoms. The van der Waals surface area contributed by atoms with Crippen LogP contribution in [0.5, 0.6) is 0 Å². The number of nitrogens with one attached hydrogen (secondary N) is 1. The van der Waals surface area contributed by atoms with E-state index < -0.39 is 0 Å². The Hall–Kier alpha value is -1.35. The fourth-order valence-corrected chi connectivity index (χ4v) is 2.36. The van der Waals surface area contributed by atoms with Gasteiger partial charge in [0.1, 0.15) is 0 Å². The quantitative estimate of drug-likeness (QED) is 0.746. The number of hydrogen-bond donors (Lipinski definition) is 1. The van der Waals surface area contributed by atoms with Crippen LogP contribution < -0.4 is 5.32 Å². The average Bonchev–Trinajstić information content (AvgIpc) is 2.42. The van der Waals surface area contributed by atoms with E-state index >= 15 is 0 Å². The minimum Gasteiger partial charge on any atom is -0.469 e. The summed E-state index contributed by atoms with van der Waals surface area (Å²) in [6.45, 7) is 9.58. The summed E-state index contributed by atoms with van der Waals surface area (Å²) in [6.07, 6.45) is 2.40. The Morgan fingerprint density at radius 2 is 2.00 bits per heavy atom. The SMILES string of the molecule is COC(=O)CC(Cc1cc(C)ccc1C)NCCC(C)C. The van der Waals surface area contributed by atoms with Crippen LogP contribution in [0.2, 0.25) is 0 Å². The molecule has 118 valence electrons. The molecule has 1 atom stereocenters. The minimum atomic E-state index is -0.151. The van der Waals surface area contributed by atoms with E-state index in [0.717, 1.165) is 19.4 Å². The molecule has 0 aromatic heterocycles. The van der Waals surface area contributed by atoms with Gasteiger partial charge in [-0.2, -0.15) is 0 Å². The van der Waals surface area contributed by atoms with Crippen molar-refractivity contribution < 1.29 is 9.53 Å². The van der Waals surface area contributed by atoms with Crippen molar-refractivity contribution in [2.24, 2.45) is 5.92 Å². The van der Waals surface area contributed by atoms with Gasteiger partial charge in [0.2, 0.25) is 0 Å². The zero-order valence-electron chi connectivity index (χ0n) is 14.0. The maximum atomic E-state index is 11.6. The zero-order chi connectivity index (χ0) is 15.8. The van der Waals surface area contributed by atoms with Crippen molar-refractivity contribution in [1.29, 1.82) is 0 Å². The topological polar surface area (TPSA) is 38.3 Å². The van der Waals surface area contributed by atoms with E-state index in [1.807, 2.05) is 0 Å². The average molecular weight is 291 g/mol. The van der Waals surface area contributed by atoms with Crippen molar-refractivity contribution in [3.63, 3.8) is 0 Å². The number of esters is 1. The first-order valence-corrected chi connectivity index (χ1v) is 7.78. The van der Waals surface area contributed by atoms with Crippen LogP contribution in [-0.4, -0.2) is 25.7 Å². The second-order valence-electron chi connectivity index (χ2n) is 6.25. The van der Waals surface area contributed by atoms with Gasteiger partial charge in [-0.15, -0.1) is 0 Å². The molecule has 0 fully saturated rings. The first kappa shape index (κ1) is 17.7. The molecule has 0 saturated heterocycles. The van der Waals surface area contributed by atoms with Crippen LogP contribution in [0.1, 0.15) is 43.4 Å². The lowest BCUT2D eigenvalue weighted by Gasteiger charge is -2.20. The molecule has 0 heterocycles. The van der Waals surface area contributed by atoms with E-state index in [-0.39, 0.29) is 12.0 Å². The summed E-state index contributed by atoms with van der Waals surface area (Å²) < 4.78 is 4.82. The van der Waals surface area contributed by atoms with Crippen molar-refractivity contribution >= 4 is 5.97 Å². The highest BCUT2D eigenvalue weighted by Crippen LogP contribution is 2.14. The second-order valence-corrected chi connectivity index (χ2v) is 6.25. The third-order valence-corrected chi connectivity index (χ3v) is 3.77. The Bertz CT molecular complexity index is 455. The lowest BCUT2D eigenvalue weighted by Crippen LogP contribution is -2.35. The molecule has 1 unspecified atom stereocenters. The highest BCUT2D eigenvalue weighted by atomic mass is 16.5. The van der Waals surface area contributed by atoms with Gasteiger partial charge in [-0.3, -0.25) is 4.79 Å². The number of hydrogen-bond acceptors (Lipinski definition) is 3. The van der Waals surface area contributed by atoms with Crippen molar-refractivity contribution in [2.75, 3.05) is 13.7 Å². The molecular weight excluding hydrogens is 262 g/mol. The fourth-order valence-electron chi connectivity index (χ4n) is 2.36. The molecule has 0 aliphatic heterocycles. The Kier molecular flexibility index (Phi) is 7.44. The Morgan fingerprint density at radius 3 is 2.62 bits per heavy atom. The van der Waals surface area contributed by atoms with Crippen LogP contribution in [0.15, 0.2) is 18.2 Å². The third-order valence-electron chi connectivity index (χ3n) is 3.77. The number of methoxy groups -OCH3 is 1. The van der Waals surface area contributed by atoms with Crippen LogP contribution in [0.4, 0.5) is 0 Å². The van der Waals surface area contributed by atoms with E-state index in [0.29, 0.717) is 12.3 Å². The van der Waals surface area contributed by atoms with Crippen LogP contribution in [0, 0.1) is 19.8 Å². The third kappa shape index (κ3) is 6.76. The van der Waals surface area contributed by atoms with E-state index in [1.54, 1.807) is 0 Å². The smallest absolute Gasteiger partial charge is 0.307 e. The van der Waals surface area contributed by atoms with Crippen molar-refractivity contribution in [3.8, 4) is 0 Å². The number of carbonyl (C=O) groups is 1. The van der Waals surface area contributed by atoms with Crippen molar-refractivity contribution in [1.82, 2.24) is 5.32 Å². The van der Waals surface area contributed by atoms with Crippen LogP contribution in [-0.2, 0) is 16.0 Å². The van der Waals surface area contributed by atoms with Gasteiger partial charge in [-0.05, 0) is 50.3 Å². The maximum absolute atomic E-state index is 11.6. The van der Waals surface area contributed by atoms with Crippen molar-refractivity contribution in [3.05, 3.63) is 34.9 Å². The van der Waals surface area contributed by atoms with Crippen LogP contribution >= 0.6 is 0 Å². The molecule has 0 radical (unpaired) electrons. The number of benzene rings is 1. The lowest BCUT2D eigenvalue weighted by atomic mass is 9.97. The second kappa shape index (κ2) is 8.83. The molecular formula is C18H29NO2. The summed E-state index contributed by atoms with van der Waals surface area (Å²) in [5.74, 6) is 0.513. The van der Waals surface area contributed by atoms with Gasteiger partial charge in [-0.25, -0.2) is 0 Å². The first-order chi connectivity index (χ1) is 9.92. The standard InChI is InChI=1S/C18H29NO2/c1-13(2)8-9-19-17(12-18(20)21-5)11-16-10-14(3)6-7-15(16)4/h6-7,10,13,17,19H,8-9,11-12H2,1-5H3. The Labute approximate surface area is 129 Å². The minimum absolute atomic E-state index is 0.136. The molecule has 0 amide bonds. The van der Waals surface area contributed by atoms with Crippen LogP contribution in [0.25, 0.3) is 0 Å². The van der Waals surface area contributed by atoms with Gasteiger partial charge in [-0.1, -0.05) is 37.6 Å². The van der Waals surface area contributed by atoms with E-state index in [9.17, 15) is 4.79 Å². The molecule has 1 aromatic rings. The van der Waals surface area contributed by atoms with E-state index in [2.05, 4.69) is 51.2 Å². The fraction of sp³-hybridized carbons (Fsp3) is 0.611. The molecule has 1 aromatic carbocycles. The summed E-state index contributed by atoms with van der Waals surface area (Å²) in [4.78, 5) is 11.6. The van der Waals surface area contributed by atoms with E-state index in [4.69, 9.17) is 4.74 Å². The summed E-state index contributed by atoms with van der Waals surface area (Å²) in [5.41, 5.74) is 3.84. The number of ether oxygens (including phenoxy) is 1. The number of rotatable bonds is 8. The molecule has 1 N–H and O–H groups in total. The molecule has 0 saturated carbocycles. The maximum Gasteiger partial charge on any atom is 0.307 e. The van der Waals surface area contributed by atoms with Gasteiger partial charge in [0.25, 0.3) is 0 Å². The van der Waals surface area contributed by atoms with Gasteiger partial charge in [0.05, 0.1) is 13.5 Å². The Balaban J connectivity index is 2.70.